The van der Waals surface area contributed by atoms with Gasteiger partial charge in [-0.2, -0.15) is 0 Å². The first-order chi connectivity index (χ1) is 22.8. The summed E-state index contributed by atoms with van der Waals surface area (Å²) in [4.78, 5) is 75.2. The molecule has 4 heterocycles. The van der Waals surface area contributed by atoms with Gasteiger partial charge >= 0.3 is 0 Å². The van der Waals surface area contributed by atoms with E-state index in [1.807, 2.05) is 46.8 Å². The number of hydrogen-bond donors (Lipinski definition) is 3. The molecular weight excluding hydrogens is 618 g/mol. The number of amides is 4. The van der Waals surface area contributed by atoms with Gasteiger partial charge in [0.05, 0.1) is 12.6 Å². The number of rotatable bonds is 13. The van der Waals surface area contributed by atoms with E-state index >= 15 is 0 Å². The van der Waals surface area contributed by atoms with Crippen molar-refractivity contribution in [2.24, 2.45) is 16.5 Å². The quantitative estimate of drug-likeness (QED) is 0.270. The van der Waals surface area contributed by atoms with Gasteiger partial charge in [0.1, 0.15) is 23.6 Å². The zero-order valence-corrected chi connectivity index (χ0v) is 28.9. The van der Waals surface area contributed by atoms with Crippen molar-refractivity contribution in [2.45, 2.75) is 129 Å². The maximum absolute atomic E-state index is 14.5. The number of carbonyl (C=O) groups excluding carboxylic acids is 5. The van der Waals surface area contributed by atoms with Crippen LogP contribution in [0, 0.1) is 11.3 Å². The molecule has 4 aliphatic rings. The van der Waals surface area contributed by atoms with E-state index in [9.17, 15) is 24.0 Å². The third-order valence-electron chi connectivity index (χ3n) is 9.70. The van der Waals surface area contributed by atoms with Gasteiger partial charge in [0.2, 0.25) is 23.5 Å². The molecule has 1 aromatic rings. The van der Waals surface area contributed by atoms with Gasteiger partial charge in [-0.25, -0.2) is 0 Å². The minimum absolute atomic E-state index is 0.00509. The third kappa shape index (κ3) is 8.45. The van der Waals surface area contributed by atoms with Crippen LogP contribution in [0.15, 0.2) is 21.7 Å². The minimum Gasteiger partial charge on any atom is -0.460 e. The molecule has 13 heteroatoms. The van der Waals surface area contributed by atoms with Crippen LogP contribution in [0.5, 0.6) is 0 Å². The Bertz CT molecular complexity index is 1410. The summed E-state index contributed by atoms with van der Waals surface area (Å²) in [5, 5.41) is 12.8. The lowest BCUT2D eigenvalue weighted by molar-refractivity contribution is -0.145. The number of likely N-dealkylation sites (tertiary alicyclic amines) is 1. The van der Waals surface area contributed by atoms with E-state index in [0.29, 0.717) is 43.9 Å². The lowest BCUT2D eigenvalue weighted by Gasteiger charge is -2.36. The summed E-state index contributed by atoms with van der Waals surface area (Å²) < 4.78 is 11.4. The van der Waals surface area contributed by atoms with Gasteiger partial charge in [-0.3, -0.25) is 24.0 Å². The van der Waals surface area contributed by atoms with Crippen LogP contribution in [0.4, 0.5) is 0 Å². The van der Waals surface area contributed by atoms with Gasteiger partial charge in [0.25, 0.3) is 5.91 Å². The van der Waals surface area contributed by atoms with Gasteiger partial charge in [0.15, 0.2) is 11.4 Å². The molecule has 1 spiro atoms. The van der Waals surface area contributed by atoms with E-state index < -0.39 is 52.6 Å². The molecule has 5 rings (SSSR count). The van der Waals surface area contributed by atoms with Crippen LogP contribution < -0.4 is 16.0 Å². The van der Waals surface area contributed by atoms with Crippen molar-refractivity contribution in [2.75, 3.05) is 19.8 Å². The number of oxime groups is 1. The molecule has 2 saturated heterocycles. The molecule has 4 amide bonds. The molecular formula is C35H51N5O8. The molecule has 0 bridgehead atoms. The maximum atomic E-state index is 14.5. The maximum Gasteiger partial charge on any atom is 0.289 e. The molecule has 48 heavy (non-hydrogen) atoms. The largest absolute Gasteiger partial charge is 0.460 e. The second-order valence-corrected chi connectivity index (χ2v) is 14.9. The molecule has 3 aliphatic heterocycles. The summed E-state index contributed by atoms with van der Waals surface area (Å²) in [6.07, 6.45) is 5.44. The van der Waals surface area contributed by atoms with Gasteiger partial charge in [-0.15, -0.1) is 0 Å². The van der Waals surface area contributed by atoms with Crippen LogP contribution in [-0.2, 0) is 40.0 Å². The van der Waals surface area contributed by atoms with E-state index in [1.54, 1.807) is 0 Å². The number of ketones is 1. The van der Waals surface area contributed by atoms with Crippen molar-refractivity contribution in [3.63, 3.8) is 0 Å². The summed E-state index contributed by atoms with van der Waals surface area (Å²) in [6.45, 7) is 10.7. The Kier molecular flexibility index (Phi) is 11.0. The van der Waals surface area contributed by atoms with Crippen molar-refractivity contribution in [1.82, 2.24) is 20.9 Å². The Labute approximate surface area is 282 Å². The van der Waals surface area contributed by atoms with Crippen molar-refractivity contribution in [3.8, 4) is 0 Å². The highest BCUT2D eigenvalue weighted by atomic mass is 16.7. The van der Waals surface area contributed by atoms with Gasteiger partial charge < -0.3 is 34.8 Å². The normalized spacial score (nSPS) is 24.1. The van der Waals surface area contributed by atoms with Gasteiger partial charge in [-0.1, -0.05) is 46.2 Å². The number of nitrogens with zero attached hydrogens (tertiary/aromatic N) is 2. The Morgan fingerprint density at radius 3 is 2.40 bits per heavy atom. The zero-order valence-electron chi connectivity index (χ0n) is 28.9. The Balaban J connectivity index is 1.37. The predicted molar refractivity (Wildman–Crippen MR) is 176 cm³/mol. The highest BCUT2D eigenvalue weighted by molar-refractivity contribution is 6.38. The Hall–Kier alpha value is -3.74. The van der Waals surface area contributed by atoms with Crippen LogP contribution in [0.2, 0.25) is 0 Å². The van der Waals surface area contributed by atoms with Crippen molar-refractivity contribution < 1.29 is 38.0 Å². The second-order valence-electron chi connectivity index (χ2n) is 14.9. The van der Waals surface area contributed by atoms with Crippen molar-refractivity contribution in [1.29, 1.82) is 0 Å². The smallest absolute Gasteiger partial charge is 0.289 e. The van der Waals surface area contributed by atoms with E-state index in [-0.39, 0.29) is 43.7 Å². The SMILES string of the molecule is CCC[C@H](NC(=O)[C@@H]1C[C@]2(CC(c3ccc(CC)o3)=NO2)CN1C(=O)[C@@H](NC(=O)CC1CCOCC1)C(C)(C)C)C(=O)C(=O)NC1CC1. The van der Waals surface area contributed by atoms with Crippen LogP contribution in [0.25, 0.3) is 0 Å². The molecule has 13 nitrogen and oxygen atoms in total. The lowest BCUT2D eigenvalue weighted by atomic mass is 9.85. The standard InChI is InChI=1S/C35H51N5O8/c1-6-8-24(29(42)32(44)36-22-9-10-22)37-31(43)26-19-35(18-25(39-48-35)27-12-11-23(7-2)47-27)20-40(26)33(45)30(34(3,4)5)38-28(41)17-21-13-15-46-16-14-21/h11-12,21-22,24,26,30H,6-10,13-20H2,1-5H3,(H,36,44)(H,37,43)(H,38,41)/t24-,26-,30+,35+/m0/s1. The number of Topliss-reactive ketones (excluding diaryl/α,β-unsaturated/α-hetero) is 1. The molecule has 1 aromatic heterocycles. The topological polar surface area (TPSA) is 169 Å². The molecule has 3 N–H and O–H groups in total. The number of aryl methyl sites for hydroxylation is 1. The highest BCUT2D eigenvalue weighted by Gasteiger charge is 2.56. The van der Waals surface area contributed by atoms with Crippen molar-refractivity contribution in [3.05, 3.63) is 23.7 Å². The molecule has 1 aliphatic carbocycles. The third-order valence-corrected chi connectivity index (χ3v) is 9.70. The van der Waals surface area contributed by atoms with Crippen LogP contribution in [-0.4, -0.2) is 89.6 Å². The first-order valence-corrected chi connectivity index (χ1v) is 17.5. The molecule has 1 saturated carbocycles. The zero-order chi connectivity index (χ0) is 34.6. The summed E-state index contributed by atoms with van der Waals surface area (Å²) >= 11 is 0. The second kappa shape index (κ2) is 14.8. The van der Waals surface area contributed by atoms with E-state index in [2.05, 4.69) is 21.1 Å². The first-order valence-electron chi connectivity index (χ1n) is 17.5. The number of carbonyl (C=O) groups is 5. The number of nitrogens with one attached hydrogen (secondary N) is 3. The van der Waals surface area contributed by atoms with Crippen LogP contribution in [0.3, 0.4) is 0 Å². The average Bonchev–Trinajstić information content (AvgIpc) is 3.42. The molecule has 4 atom stereocenters. The fraction of sp³-hybridized carbons (Fsp3) is 0.714. The van der Waals surface area contributed by atoms with Gasteiger partial charge in [-0.05, 0) is 55.6 Å². The number of ether oxygens (including phenoxy) is 1. The number of furan rings is 1. The summed E-state index contributed by atoms with van der Waals surface area (Å²) in [5.74, 6) is -1.09. The van der Waals surface area contributed by atoms with Crippen LogP contribution in [0.1, 0.15) is 104 Å². The first kappa shape index (κ1) is 35.6. The molecule has 3 fully saturated rings. The van der Waals surface area contributed by atoms with E-state index in [0.717, 1.165) is 31.4 Å². The van der Waals surface area contributed by atoms with E-state index in [1.165, 1.54) is 4.90 Å². The van der Waals surface area contributed by atoms with Crippen LogP contribution >= 0.6 is 0 Å². The fourth-order valence-electron chi connectivity index (χ4n) is 6.70. The summed E-state index contributed by atoms with van der Waals surface area (Å²) in [6, 6.07) is 0.690. The summed E-state index contributed by atoms with van der Waals surface area (Å²) in [7, 11) is 0. The molecule has 0 unspecified atom stereocenters. The van der Waals surface area contributed by atoms with Gasteiger partial charge in [0, 0.05) is 44.9 Å². The van der Waals surface area contributed by atoms with E-state index in [4.69, 9.17) is 14.0 Å². The predicted octanol–water partition coefficient (Wildman–Crippen LogP) is 2.79. The molecule has 0 radical (unpaired) electrons. The number of hydrogen-bond acceptors (Lipinski definition) is 9. The lowest BCUT2D eigenvalue weighted by Crippen LogP contribution is -2.59. The average molecular weight is 670 g/mol. The highest BCUT2D eigenvalue weighted by Crippen LogP contribution is 2.40. The fourth-order valence-corrected chi connectivity index (χ4v) is 6.70. The molecule has 0 aromatic carbocycles. The molecule has 264 valence electrons. The minimum atomic E-state index is -1.04. The Morgan fingerprint density at radius 2 is 1.77 bits per heavy atom. The summed E-state index contributed by atoms with van der Waals surface area (Å²) in [5.41, 5.74) is -1.13. The Morgan fingerprint density at radius 1 is 1.04 bits per heavy atom. The van der Waals surface area contributed by atoms with Crippen molar-refractivity contribution >= 4 is 35.1 Å². The monoisotopic (exact) mass is 669 g/mol.